The maximum Gasteiger partial charge on any atom is 0.278 e. The van der Waals surface area contributed by atoms with Crippen molar-refractivity contribution >= 4 is 33.6 Å². The number of hydrogen-bond donors (Lipinski definition) is 1. The second-order valence-corrected chi connectivity index (χ2v) is 11.6. The predicted octanol–water partition coefficient (Wildman–Crippen LogP) is 6.05. The Balaban J connectivity index is 1.20. The maximum atomic E-state index is 13.5. The lowest BCUT2D eigenvalue weighted by Crippen LogP contribution is -2.32. The van der Waals surface area contributed by atoms with Crippen LogP contribution in [0.3, 0.4) is 0 Å². The van der Waals surface area contributed by atoms with E-state index in [0.717, 1.165) is 30.0 Å². The summed E-state index contributed by atoms with van der Waals surface area (Å²) in [6.07, 6.45) is 14.7. The van der Waals surface area contributed by atoms with Crippen LogP contribution in [0.5, 0.6) is 5.75 Å². The number of nitrogens with zero attached hydrogens (tertiary/aromatic N) is 6. The van der Waals surface area contributed by atoms with Gasteiger partial charge in [-0.3, -0.25) is 4.79 Å². The van der Waals surface area contributed by atoms with Crippen LogP contribution >= 0.6 is 0 Å². The predicted molar refractivity (Wildman–Crippen MR) is 167 cm³/mol. The highest BCUT2D eigenvalue weighted by Crippen LogP contribution is 2.34. The van der Waals surface area contributed by atoms with Crippen molar-refractivity contribution in [1.29, 1.82) is 0 Å². The Morgan fingerprint density at radius 2 is 1.90 bits per heavy atom. The zero-order valence-electron chi connectivity index (χ0n) is 24.2. The summed E-state index contributed by atoms with van der Waals surface area (Å²) in [5.74, 6) is 1.22. The Kier molecular flexibility index (Phi) is 7.03. The van der Waals surface area contributed by atoms with Crippen molar-refractivity contribution in [2.75, 3.05) is 26.0 Å². The standard InChI is InChI=1S/C33H37N7O2/c1-37(2)25-11-13-26(14-12-25)38-18-16-23-20-24(10-15-30(23)38)35-33-34-22-29-31(36-33)40-27-8-7-9-28(21-27)42-19-6-4-3-5-17-39(40)32(29)41/h3,5,7-10,15-16,18,20-22,25-26H,4,6,11-14,17,19H2,1-2H3,(H,34,35,36). The Morgan fingerprint density at radius 3 is 2.76 bits per heavy atom. The van der Waals surface area contributed by atoms with Crippen LogP contribution in [0, 0.1) is 0 Å². The van der Waals surface area contributed by atoms with Crippen molar-refractivity contribution in [3.05, 3.63) is 83.4 Å². The smallest absolute Gasteiger partial charge is 0.278 e. The molecular weight excluding hydrogens is 526 g/mol. The SMILES string of the molecule is CN(C)C1CCC(n2ccc3cc(Nc4ncc5c(=O)n6n(c5n4)-c4cccc(c4)OCCCC=CC6)ccc32)CC1. The molecule has 2 bridgehead atoms. The fourth-order valence-electron chi connectivity index (χ4n) is 6.45. The van der Waals surface area contributed by atoms with Gasteiger partial charge in [0.05, 0.1) is 18.8 Å². The van der Waals surface area contributed by atoms with Gasteiger partial charge in [-0.1, -0.05) is 18.2 Å². The molecule has 0 spiro atoms. The van der Waals surface area contributed by atoms with E-state index in [1.807, 2.05) is 35.0 Å². The van der Waals surface area contributed by atoms with E-state index in [-0.39, 0.29) is 5.56 Å². The summed E-state index contributed by atoms with van der Waals surface area (Å²) in [6.45, 7) is 1.10. The first-order valence-corrected chi connectivity index (χ1v) is 15.0. The zero-order chi connectivity index (χ0) is 28.6. The lowest BCUT2D eigenvalue weighted by molar-refractivity contribution is 0.197. The summed E-state index contributed by atoms with van der Waals surface area (Å²) in [7, 11) is 4.37. The number of allylic oxidation sites excluding steroid dienone is 2. The molecule has 5 aromatic rings. The monoisotopic (exact) mass is 563 g/mol. The first-order valence-electron chi connectivity index (χ1n) is 15.0. The van der Waals surface area contributed by atoms with Gasteiger partial charge in [-0.15, -0.1) is 0 Å². The Bertz CT molecular complexity index is 1820. The minimum Gasteiger partial charge on any atom is -0.494 e. The van der Waals surface area contributed by atoms with Crippen molar-refractivity contribution in [2.45, 2.75) is 57.2 Å². The molecule has 9 heteroatoms. The number of ether oxygens (including phenoxy) is 1. The van der Waals surface area contributed by atoms with Crippen molar-refractivity contribution in [1.82, 2.24) is 28.8 Å². The quantitative estimate of drug-likeness (QED) is 0.268. The van der Waals surface area contributed by atoms with Gasteiger partial charge in [0.15, 0.2) is 5.65 Å². The number of nitrogens with one attached hydrogen (secondary N) is 1. The van der Waals surface area contributed by atoms with Crippen LogP contribution in [-0.4, -0.2) is 55.5 Å². The molecule has 0 saturated heterocycles. The highest BCUT2D eigenvalue weighted by atomic mass is 16.5. The molecule has 1 aliphatic heterocycles. The van der Waals surface area contributed by atoms with Gasteiger partial charge < -0.3 is 19.5 Å². The molecule has 0 atom stereocenters. The molecule has 7 rings (SSSR count). The first-order chi connectivity index (χ1) is 20.5. The lowest BCUT2D eigenvalue weighted by atomic mass is 9.90. The average molecular weight is 564 g/mol. The molecule has 9 nitrogen and oxygen atoms in total. The van der Waals surface area contributed by atoms with E-state index in [4.69, 9.17) is 9.72 Å². The topological polar surface area (TPSA) is 82.1 Å². The third-order valence-corrected chi connectivity index (χ3v) is 8.73. The highest BCUT2D eigenvalue weighted by Gasteiger charge is 2.24. The minimum absolute atomic E-state index is 0.119. The number of fused-ring (bicyclic) bond motifs is 7. The number of hydrogen-bond acceptors (Lipinski definition) is 6. The molecule has 2 aromatic carbocycles. The van der Waals surface area contributed by atoms with Crippen LogP contribution in [0.15, 0.2) is 77.9 Å². The summed E-state index contributed by atoms with van der Waals surface area (Å²) in [5, 5.41) is 5.05. The fourth-order valence-corrected chi connectivity index (χ4v) is 6.45. The van der Waals surface area contributed by atoms with Crippen LogP contribution in [0.2, 0.25) is 0 Å². The van der Waals surface area contributed by atoms with Crippen molar-refractivity contribution in [3.63, 3.8) is 0 Å². The summed E-state index contributed by atoms with van der Waals surface area (Å²) in [4.78, 5) is 25.2. The van der Waals surface area contributed by atoms with Crippen LogP contribution in [0.4, 0.5) is 11.6 Å². The van der Waals surface area contributed by atoms with E-state index in [9.17, 15) is 4.79 Å². The Hall–Kier alpha value is -4.37. The molecule has 0 radical (unpaired) electrons. The van der Waals surface area contributed by atoms with Gasteiger partial charge in [0.25, 0.3) is 5.56 Å². The van der Waals surface area contributed by atoms with Gasteiger partial charge in [-0.05, 0) is 89.0 Å². The molecule has 216 valence electrons. The van der Waals surface area contributed by atoms with Crippen LogP contribution in [-0.2, 0) is 6.54 Å². The normalized spacial score (nSPS) is 19.3. The molecule has 1 saturated carbocycles. The molecule has 4 heterocycles. The lowest BCUT2D eigenvalue weighted by Gasteiger charge is -2.33. The largest absolute Gasteiger partial charge is 0.494 e. The van der Waals surface area contributed by atoms with Crippen LogP contribution in [0.25, 0.3) is 27.6 Å². The van der Waals surface area contributed by atoms with Crippen LogP contribution < -0.4 is 15.6 Å². The van der Waals surface area contributed by atoms with E-state index < -0.39 is 0 Å². The Labute approximate surface area is 245 Å². The number of benzene rings is 2. The van der Waals surface area contributed by atoms with E-state index in [1.54, 1.807) is 10.9 Å². The zero-order valence-corrected chi connectivity index (χ0v) is 24.2. The summed E-state index contributed by atoms with van der Waals surface area (Å²) in [6, 6.07) is 17.6. The Morgan fingerprint density at radius 1 is 1.02 bits per heavy atom. The molecule has 1 fully saturated rings. The third-order valence-electron chi connectivity index (χ3n) is 8.73. The van der Waals surface area contributed by atoms with Gasteiger partial charge in [0, 0.05) is 47.1 Å². The minimum atomic E-state index is -0.119. The second kappa shape index (κ2) is 11.1. The summed E-state index contributed by atoms with van der Waals surface area (Å²) < 4.78 is 12.0. The first kappa shape index (κ1) is 26.5. The molecule has 3 aromatic heterocycles. The van der Waals surface area contributed by atoms with Gasteiger partial charge in [-0.25, -0.2) is 14.3 Å². The van der Waals surface area contributed by atoms with E-state index in [2.05, 4.69) is 70.4 Å². The van der Waals surface area contributed by atoms with Crippen molar-refractivity contribution in [2.24, 2.45) is 0 Å². The highest BCUT2D eigenvalue weighted by molar-refractivity contribution is 5.85. The van der Waals surface area contributed by atoms with E-state index >= 15 is 0 Å². The molecule has 42 heavy (non-hydrogen) atoms. The molecule has 0 unspecified atom stereocenters. The molecular formula is C33H37N7O2. The number of anilines is 2. The average Bonchev–Trinajstić information content (AvgIpc) is 3.54. The van der Waals surface area contributed by atoms with Crippen LogP contribution in [0.1, 0.15) is 44.6 Å². The van der Waals surface area contributed by atoms with Gasteiger partial charge in [0.1, 0.15) is 11.1 Å². The van der Waals surface area contributed by atoms with Gasteiger partial charge in [-0.2, -0.15) is 4.98 Å². The molecule has 0 amide bonds. The molecule has 2 aliphatic rings. The second-order valence-electron chi connectivity index (χ2n) is 11.6. The number of rotatable bonds is 4. The van der Waals surface area contributed by atoms with Crippen molar-refractivity contribution < 1.29 is 4.74 Å². The third kappa shape index (κ3) is 4.98. The maximum absolute atomic E-state index is 13.5. The van der Waals surface area contributed by atoms with Gasteiger partial charge >= 0.3 is 0 Å². The van der Waals surface area contributed by atoms with Gasteiger partial charge in [0.2, 0.25) is 5.95 Å². The van der Waals surface area contributed by atoms with E-state index in [1.165, 1.54) is 36.6 Å². The van der Waals surface area contributed by atoms with Crippen molar-refractivity contribution in [3.8, 4) is 11.4 Å². The number of aromatic nitrogens is 5. The fraction of sp³-hybridized carbons (Fsp3) is 0.364. The summed E-state index contributed by atoms with van der Waals surface area (Å²) >= 11 is 0. The molecule has 1 aliphatic carbocycles. The molecule has 1 N–H and O–H groups in total. The summed E-state index contributed by atoms with van der Waals surface area (Å²) in [5.41, 5.74) is 3.41. The van der Waals surface area contributed by atoms with E-state index in [0.29, 0.717) is 42.2 Å².